The van der Waals surface area contributed by atoms with Gasteiger partial charge in [0.15, 0.2) is 0 Å². The van der Waals surface area contributed by atoms with Gasteiger partial charge in [0.25, 0.3) is 0 Å². The second kappa shape index (κ2) is 5.42. The third-order valence-electron chi connectivity index (χ3n) is 4.24. The summed E-state index contributed by atoms with van der Waals surface area (Å²) in [5, 5.41) is 0. The van der Waals surface area contributed by atoms with Gasteiger partial charge in [-0.15, -0.1) is 13.2 Å². The Kier molecular flexibility index (Phi) is 3.84. The van der Waals surface area contributed by atoms with Crippen LogP contribution in [0.4, 0.5) is 13.2 Å². The van der Waals surface area contributed by atoms with Gasteiger partial charge in [0.1, 0.15) is 5.75 Å². The van der Waals surface area contributed by atoms with E-state index in [0.29, 0.717) is 0 Å². The number of benzene rings is 1. The van der Waals surface area contributed by atoms with Crippen molar-refractivity contribution in [1.29, 1.82) is 0 Å². The topological polar surface area (TPSA) is 46.6 Å². The first-order valence-corrected chi connectivity index (χ1v) is 8.61. The molecule has 2 heterocycles. The van der Waals surface area contributed by atoms with Crippen molar-refractivity contribution < 1.29 is 26.3 Å². The molecule has 122 valence electrons. The lowest BCUT2D eigenvalue weighted by atomic mass is 10.1. The SMILES string of the molecule is O=S(=O)(c1cccc(OC(F)(F)F)c1)N1C2CCCC1CC2. The molecule has 2 atom stereocenters. The second-order valence-electron chi connectivity index (χ2n) is 5.67. The van der Waals surface area contributed by atoms with Gasteiger partial charge in [0, 0.05) is 18.2 Å². The van der Waals surface area contributed by atoms with E-state index in [-0.39, 0.29) is 17.0 Å². The van der Waals surface area contributed by atoms with E-state index in [1.54, 1.807) is 0 Å². The monoisotopic (exact) mass is 335 g/mol. The molecule has 1 aromatic carbocycles. The fraction of sp³-hybridized carbons (Fsp3) is 0.571. The van der Waals surface area contributed by atoms with E-state index < -0.39 is 22.1 Å². The Morgan fingerprint density at radius 2 is 1.73 bits per heavy atom. The molecule has 0 aromatic heterocycles. The fourth-order valence-corrected chi connectivity index (χ4v) is 5.38. The van der Waals surface area contributed by atoms with Crippen LogP contribution in [0.5, 0.6) is 5.75 Å². The molecule has 0 amide bonds. The predicted octanol–water partition coefficient (Wildman–Crippen LogP) is 3.29. The molecule has 0 aliphatic carbocycles. The first-order chi connectivity index (χ1) is 10.3. The summed E-state index contributed by atoms with van der Waals surface area (Å²) in [5.74, 6) is -0.516. The van der Waals surface area contributed by atoms with Crippen molar-refractivity contribution in [2.45, 2.75) is 55.4 Å². The van der Waals surface area contributed by atoms with E-state index in [1.807, 2.05) is 0 Å². The van der Waals surface area contributed by atoms with Crippen LogP contribution < -0.4 is 4.74 Å². The number of fused-ring (bicyclic) bond motifs is 2. The summed E-state index contributed by atoms with van der Waals surface area (Å²) in [4.78, 5) is -0.145. The number of hydrogen-bond acceptors (Lipinski definition) is 3. The highest BCUT2D eigenvalue weighted by Gasteiger charge is 2.44. The largest absolute Gasteiger partial charge is 0.573 e. The summed E-state index contributed by atoms with van der Waals surface area (Å²) in [6.07, 6.45) is -0.570. The lowest BCUT2D eigenvalue weighted by Crippen LogP contribution is -2.43. The van der Waals surface area contributed by atoms with Gasteiger partial charge in [0.2, 0.25) is 10.0 Å². The zero-order chi connectivity index (χ0) is 16.0. The van der Waals surface area contributed by atoms with E-state index in [1.165, 1.54) is 16.4 Å². The highest BCUT2D eigenvalue weighted by atomic mass is 32.2. The number of alkyl halides is 3. The normalized spacial score (nSPS) is 26.1. The summed E-state index contributed by atoms with van der Waals surface area (Å²) in [6, 6.07) is 4.55. The summed E-state index contributed by atoms with van der Waals surface area (Å²) in [6.45, 7) is 0. The lowest BCUT2D eigenvalue weighted by Gasteiger charge is -2.33. The molecular formula is C14H16F3NO3S. The van der Waals surface area contributed by atoms with E-state index >= 15 is 0 Å². The van der Waals surface area contributed by atoms with Gasteiger partial charge in [-0.25, -0.2) is 8.42 Å². The number of halogens is 3. The minimum Gasteiger partial charge on any atom is -0.406 e. The lowest BCUT2D eigenvalue weighted by molar-refractivity contribution is -0.274. The van der Waals surface area contributed by atoms with E-state index in [2.05, 4.69) is 4.74 Å². The first-order valence-electron chi connectivity index (χ1n) is 7.17. The van der Waals surface area contributed by atoms with Crippen molar-refractivity contribution in [3.63, 3.8) is 0 Å². The van der Waals surface area contributed by atoms with Crippen LogP contribution in [0.3, 0.4) is 0 Å². The smallest absolute Gasteiger partial charge is 0.406 e. The van der Waals surface area contributed by atoms with Crippen LogP contribution in [0.1, 0.15) is 32.1 Å². The minimum absolute atomic E-state index is 0.0315. The molecular weight excluding hydrogens is 319 g/mol. The zero-order valence-corrected chi connectivity index (χ0v) is 12.5. The van der Waals surface area contributed by atoms with E-state index in [4.69, 9.17) is 0 Å². The van der Waals surface area contributed by atoms with Crippen LogP contribution in [-0.2, 0) is 10.0 Å². The van der Waals surface area contributed by atoms with Gasteiger partial charge in [-0.2, -0.15) is 4.31 Å². The Bertz CT molecular complexity index is 644. The predicted molar refractivity (Wildman–Crippen MR) is 72.8 cm³/mol. The van der Waals surface area contributed by atoms with Crippen LogP contribution >= 0.6 is 0 Å². The third-order valence-corrected chi connectivity index (χ3v) is 6.24. The third kappa shape index (κ3) is 2.94. The van der Waals surface area contributed by atoms with Crippen molar-refractivity contribution in [1.82, 2.24) is 4.31 Å². The molecule has 0 radical (unpaired) electrons. The number of rotatable bonds is 3. The maximum absolute atomic E-state index is 12.8. The molecule has 4 nitrogen and oxygen atoms in total. The van der Waals surface area contributed by atoms with Gasteiger partial charge in [-0.05, 0) is 37.8 Å². The van der Waals surface area contributed by atoms with Crippen LogP contribution in [0, 0.1) is 0 Å². The van der Waals surface area contributed by atoms with Gasteiger partial charge in [0.05, 0.1) is 4.90 Å². The first kappa shape index (κ1) is 15.6. The van der Waals surface area contributed by atoms with Crippen LogP contribution in [0.25, 0.3) is 0 Å². The van der Waals surface area contributed by atoms with Crippen molar-refractivity contribution in [2.75, 3.05) is 0 Å². The standard InChI is InChI=1S/C14H16F3NO3S/c15-14(16,17)21-12-5-2-6-13(9-12)22(19,20)18-10-3-1-4-11(18)8-7-10/h2,5-6,9-11H,1,3-4,7-8H2. The van der Waals surface area contributed by atoms with Gasteiger partial charge in [-0.1, -0.05) is 12.5 Å². The number of nitrogens with zero attached hydrogens (tertiary/aromatic N) is 1. The Morgan fingerprint density at radius 3 is 2.32 bits per heavy atom. The average Bonchev–Trinajstić information content (AvgIpc) is 2.69. The van der Waals surface area contributed by atoms with Crippen LogP contribution in [-0.4, -0.2) is 31.2 Å². The number of hydrogen-bond donors (Lipinski definition) is 0. The molecule has 22 heavy (non-hydrogen) atoms. The Balaban J connectivity index is 1.91. The number of sulfonamides is 1. The molecule has 0 spiro atoms. The molecule has 0 N–H and O–H groups in total. The minimum atomic E-state index is -4.84. The number of piperidine rings is 1. The summed E-state index contributed by atoms with van der Waals surface area (Å²) < 4.78 is 67.6. The summed E-state index contributed by atoms with van der Waals surface area (Å²) in [7, 11) is -3.79. The Labute approximate surface area is 126 Å². The maximum Gasteiger partial charge on any atom is 0.573 e. The molecule has 1 aromatic rings. The molecule has 3 rings (SSSR count). The zero-order valence-electron chi connectivity index (χ0n) is 11.7. The maximum atomic E-state index is 12.8. The van der Waals surface area contributed by atoms with Crippen molar-refractivity contribution in [2.24, 2.45) is 0 Å². The van der Waals surface area contributed by atoms with Crippen LogP contribution in [0.2, 0.25) is 0 Å². The molecule has 2 fully saturated rings. The van der Waals surface area contributed by atoms with E-state index in [0.717, 1.165) is 44.2 Å². The van der Waals surface area contributed by atoms with Gasteiger partial charge in [-0.3, -0.25) is 0 Å². The molecule has 2 aliphatic rings. The quantitative estimate of drug-likeness (QED) is 0.851. The van der Waals surface area contributed by atoms with Gasteiger partial charge >= 0.3 is 6.36 Å². The van der Waals surface area contributed by atoms with Crippen molar-refractivity contribution in [3.8, 4) is 5.75 Å². The number of ether oxygens (including phenoxy) is 1. The highest BCUT2D eigenvalue weighted by molar-refractivity contribution is 7.89. The molecule has 8 heteroatoms. The van der Waals surface area contributed by atoms with E-state index in [9.17, 15) is 21.6 Å². The van der Waals surface area contributed by atoms with Gasteiger partial charge < -0.3 is 4.74 Å². The van der Waals surface area contributed by atoms with Crippen LogP contribution in [0.15, 0.2) is 29.2 Å². The summed E-state index contributed by atoms with van der Waals surface area (Å²) >= 11 is 0. The molecule has 2 unspecified atom stereocenters. The molecule has 2 saturated heterocycles. The Morgan fingerprint density at radius 1 is 1.09 bits per heavy atom. The highest BCUT2D eigenvalue weighted by Crippen LogP contribution is 2.40. The molecule has 0 saturated carbocycles. The van der Waals surface area contributed by atoms with Crippen molar-refractivity contribution >= 4 is 10.0 Å². The Hall–Kier alpha value is -1.28. The summed E-state index contributed by atoms with van der Waals surface area (Å²) in [5.41, 5.74) is 0. The average molecular weight is 335 g/mol. The molecule has 2 aliphatic heterocycles. The molecule has 2 bridgehead atoms. The second-order valence-corrected chi connectivity index (χ2v) is 7.52. The van der Waals surface area contributed by atoms with Crippen molar-refractivity contribution in [3.05, 3.63) is 24.3 Å². The fourth-order valence-electron chi connectivity index (χ4n) is 3.42.